The molecule has 1 saturated heterocycles. The highest BCUT2D eigenvalue weighted by atomic mass is 35.5. The lowest BCUT2D eigenvalue weighted by molar-refractivity contribution is -0.145. The van der Waals surface area contributed by atoms with E-state index >= 15 is 0 Å². The number of benzene rings is 1. The number of rotatable bonds is 9. The fourth-order valence-electron chi connectivity index (χ4n) is 2.97. The molecule has 0 spiro atoms. The van der Waals surface area contributed by atoms with Crippen LogP contribution in [0.3, 0.4) is 0 Å². The number of imide groups is 2. The number of barbiturate groups is 1. The number of urea groups is 1. The first-order valence-electron chi connectivity index (χ1n) is 10.00. The van der Waals surface area contributed by atoms with Gasteiger partial charge in [-0.25, -0.2) is 9.59 Å². The number of halogens is 1. The van der Waals surface area contributed by atoms with Gasteiger partial charge >= 0.3 is 12.0 Å². The predicted octanol–water partition coefficient (Wildman–Crippen LogP) is 2.94. The normalized spacial score (nSPS) is 14.9. The fourth-order valence-corrected chi connectivity index (χ4v) is 3.24. The Hall–Kier alpha value is -3.79. The molecule has 0 aliphatic carbocycles. The standard InChI is InChI=1S/C22H21ClN2O8/c1-3-30-17-10-13(9-16(23)19(17)33-12-18(26)31-4-2)8-15-20(27)24-22(29)25(21(15)28)11-14-6-5-7-32-14/h5-10H,3-4,11-12H2,1-2H3,(H,24,27,29)/b15-8+. The summed E-state index contributed by atoms with van der Waals surface area (Å²) in [5, 5.41) is 2.22. The Bertz CT molecular complexity index is 1090. The van der Waals surface area contributed by atoms with E-state index in [1.165, 1.54) is 24.5 Å². The summed E-state index contributed by atoms with van der Waals surface area (Å²) in [6.07, 6.45) is 2.69. The number of nitrogens with zero attached hydrogens (tertiary/aromatic N) is 1. The number of carbonyl (C=O) groups excluding carboxylic acids is 4. The first kappa shape index (κ1) is 23.9. The summed E-state index contributed by atoms with van der Waals surface area (Å²) in [6, 6.07) is 5.30. The molecule has 0 atom stereocenters. The summed E-state index contributed by atoms with van der Waals surface area (Å²) in [7, 11) is 0. The molecule has 1 fully saturated rings. The first-order chi connectivity index (χ1) is 15.8. The molecule has 1 aromatic heterocycles. The highest BCUT2D eigenvalue weighted by molar-refractivity contribution is 6.33. The third kappa shape index (κ3) is 5.72. The summed E-state index contributed by atoms with van der Waals surface area (Å²) in [6.45, 7) is 3.36. The van der Waals surface area contributed by atoms with Crippen molar-refractivity contribution in [1.82, 2.24) is 10.2 Å². The molecule has 33 heavy (non-hydrogen) atoms. The Balaban J connectivity index is 1.90. The lowest BCUT2D eigenvalue weighted by Crippen LogP contribution is -2.53. The minimum atomic E-state index is -0.852. The summed E-state index contributed by atoms with van der Waals surface area (Å²) in [4.78, 5) is 49.9. The fraction of sp³-hybridized carbons (Fsp3) is 0.273. The van der Waals surface area contributed by atoms with E-state index in [0.717, 1.165) is 4.90 Å². The minimum absolute atomic E-state index is 0.0873. The van der Waals surface area contributed by atoms with Crippen LogP contribution >= 0.6 is 11.6 Å². The van der Waals surface area contributed by atoms with Crippen molar-refractivity contribution in [3.8, 4) is 11.5 Å². The van der Waals surface area contributed by atoms with Gasteiger partial charge in [0.05, 0.1) is 31.0 Å². The van der Waals surface area contributed by atoms with Gasteiger partial charge < -0.3 is 18.6 Å². The minimum Gasteiger partial charge on any atom is -0.490 e. The van der Waals surface area contributed by atoms with Crippen molar-refractivity contribution in [3.05, 3.63) is 52.4 Å². The maximum absolute atomic E-state index is 12.9. The second-order valence-electron chi connectivity index (χ2n) is 6.64. The van der Waals surface area contributed by atoms with Gasteiger partial charge in [-0.15, -0.1) is 0 Å². The smallest absolute Gasteiger partial charge is 0.344 e. The zero-order chi connectivity index (χ0) is 24.0. The topological polar surface area (TPSA) is 124 Å². The lowest BCUT2D eigenvalue weighted by Gasteiger charge is -2.25. The zero-order valence-electron chi connectivity index (χ0n) is 17.9. The van der Waals surface area contributed by atoms with Gasteiger partial charge in [-0.3, -0.25) is 19.8 Å². The van der Waals surface area contributed by atoms with Gasteiger partial charge in [-0.1, -0.05) is 11.6 Å². The van der Waals surface area contributed by atoms with E-state index in [1.807, 2.05) is 0 Å². The quantitative estimate of drug-likeness (QED) is 0.333. The van der Waals surface area contributed by atoms with Crippen LogP contribution in [-0.2, 0) is 25.7 Å². The Morgan fingerprint density at radius 2 is 1.97 bits per heavy atom. The average Bonchev–Trinajstić information content (AvgIpc) is 3.27. The second kappa shape index (κ2) is 10.7. The number of hydrogen-bond acceptors (Lipinski definition) is 8. The van der Waals surface area contributed by atoms with Crippen LogP contribution in [0.2, 0.25) is 5.02 Å². The molecule has 3 rings (SSSR count). The van der Waals surface area contributed by atoms with Crippen LogP contribution in [-0.4, -0.2) is 48.5 Å². The van der Waals surface area contributed by atoms with Crippen molar-refractivity contribution < 1.29 is 37.8 Å². The molecule has 0 bridgehead atoms. The van der Waals surface area contributed by atoms with Crippen LogP contribution in [0.1, 0.15) is 25.2 Å². The number of hydrogen-bond donors (Lipinski definition) is 1. The molecule has 0 radical (unpaired) electrons. The molecule has 0 unspecified atom stereocenters. The summed E-state index contributed by atoms with van der Waals surface area (Å²) >= 11 is 6.32. The molecule has 10 nitrogen and oxygen atoms in total. The number of ether oxygens (including phenoxy) is 3. The third-order valence-electron chi connectivity index (χ3n) is 4.36. The zero-order valence-corrected chi connectivity index (χ0v) is 18.6. The van der Waals surface area contributed by atoms with Crippen molar-refractivity contribution in [3.63, 3.8) is 0 Å². The van der Waals surface area contributed by atoms with Crippen molar-refractivity contribution >= 4 is 41.5 Å². The Labute approximate surface area is 194 Å². The maximum Gasteiger partial charge on any atom is 0.344 e. The van der Waals surface area contributed by atoms with E-state index in [-0.39, 0.29) is 48.5 Å². The Morgan fingerprint density at radius 3 is 2.64 bits per heavy atom. The highest BCUT2D eigenvalue weighted by Crippen LogP contribution is 2.37. The molecule has 1 aliphatic rings. The molecular weight excluding hydrogens is 456 g/mol. The Morgan fingerprint density at radius 1 is 1.18 bits per heavy atom. The maximum atomic E-state index is 12.9. The van der Waals surface area contributed by atoms with Crippen LogP contribution in [0, 0.1) is 0 Å². The van der Waals surface area contributed by atoms with Gasteiger partial charge in [0.15, 0.2) is 18.1 Å². The largest absolute Gasteiger partial charge is 0.490 e. The molecule has 2 heterocycles. The molecule has 174 valence electrons. The second-order valence-corrected chi connectivity index (χ2v) is 7.05. The summed E-state index contributed by atoms with van der Waals surface area (Å²) < 4.78 is 21.0. The van der Waals surface area contributed by atoms with Gasteiger partial charge in [-0.05, 0) is 49.8 Å². The van der Waals surface area contributed by atoms with Gasteiger partial charge in [0.25, 0.3) is 11.8 Å². The van der Waals surface area contributed by atoms with Crippen molar-refractivity contribution in [2.45, 2.75) is 20.4 Å². The highest BCUT2D eigenvalue weighted by Gasteiger charge is 2.36. The van der Waals surface area contributed by atoms with Crippen LogP contribution in [0.25, 0.3) is 6.08 Å². The van der Waals surface area contributed by atoms with Crippen LogP contribution in [0.15, 0.2) is 40.5 Å². The van der Waals surface area contributed by atoms with E-state index in [1.54, 1.807) is 26.0 Å². The van der Waals surface area contributed by atoms with Gasteiger partial charge in [-0.2, -0.15) is 0 Å². The van der Waals surface area contributed by atoms with Crippen molar-refractivity contribution in [1.29, 1.82) is 0 Å². The van der Waals surface area contributed by atoms with E-state index in [4.69, 9.17) is 30.2 Å². The van der Waals surface area contributed by atoms with Crippen molar-refractivity contribution in [2.75, 3.05) is 19.8 Å². The van der Waals surface area contributed by atoms with Crippen LogP contribution < -0.4 is 14.8 Å². The number of nitrogens with one attached hydrogen (secondary N) is 1. The number of furan rings is 1. The molecular formula is C22H21ClN2O8. The number of carbonyl (C=O) groups is 4. The summed E-state index contributed by atoms with van der Waals surface area (Å²) in [5.41, 5.74) is 0.0672. The number of esters is 1. The van der Waals surface area contributed by atoms with E-state index in [2.05, 4.69) is 5.32 Å². The molecule has 2 aromatic rings. The van der Waals surface area contributed by atoms with Gasteiger partial charge in [0.1, 0.15) is 11.3 Å². The SMILES string of the molecule is CCOC(=O)COc1c(Cl)cc(/C=C2\C(=O)NC(=O)N(Cc3ccco3)C2=O)cc1OCC. The molecule has 1 aromatic carbocycles. The van der Waals surface area contributed by atoms with Crippen molar-refractivity contribution in [2.24, 2.45) is 0 Å². The Kier molecular flexibility index (Phi) is 7.73. The van der Waals surface area contributed by atoms with Crippen LogP contribution in [0.5, 0.6) is 11.5 Å². The van der Waals surface area contributed by atoms with Crippen LogP contribution in [0.4, 0.5) is 4.79 Å². The molecule has 4 amide bonds. The molecule has 1 aliphatic heterocycles. The summed E-state index contributed by atoms with van der Waals surface area (Å²) in [5.74, 6) is -1.53. The molecule has 0 saturated carbocycles. The van der Waals surface area contributed by atoms with E-state index < -0.39 is 23.8 Å². The lowest BCUT2D eigenvalue weighted by atomic mass is 10.1. The van der Waals surface area contributed by atoms with E-state index in [0.29, 0.717) is 11.3 Å². The number of amides is 4. The predicted molar refractivity (Wildman–Crippen MR) is 116 cm³/mol. The molecule has 11 heteroatoms. The first-order valence-corrected chi connectivity index (χ1v) is 10.4. The van der Waals surface area contributed by atoms with Gasteiger partial charge in [0, 0.05) is 0 Å². The monoisotopic (exact) mass is 476 g/mol. The average molecular weight is 477 g/mol. The molecule has 1 N–H and O–H groups in total. The third-order valence-corrected chi connectivity index (χ3v) is 4.64. The van der Waals surface area contributed by atoms with E-state index in [9.17, 15) is 19.2 Å². The van der Waals surface area contributed by atoms with Gasteiger partial charge in [0.2, 0.25) is 0 Å².